The van der Waals surface area contributed by atoms with Gasteiger partial charge in [-0.2, -0.15) is 4.31 Å². The van der Waals surface area contributed by atoms with Gasteiger partial charge < -0.3 is 9.64 Å². The second kappa shape index (κ2) is 8.75. The molecule has 0 unspecified atom stereocenters. The van der Waals surface area contributed by atoms with Crippen LogP contribution in [0.5, 0.6) is 5.75 Å². The van der Waals surface area contributed by atoms with Gasteiger partial charge in [0.05, 0.1) is 12.0 Å². The Morgan fingerprint density at radius 2 is 1.79 bits per heavy atom. The number of nitrogens with zero attached hydrogens (tertiary/aromatic N) is 2. The minimum absolute atomic E-state index is 0.176. The van der Waals surface area contributed by atoms with Crippen LogP contribution in [0.25, 0.3) is 0 Å². The SMILES string of the molecule is COc1cccc(CN(C)C(=O)c2cccc(S(=O)(=O)N3CCCCC3)c2)c1. The van der Waals surface area contributed by atoms with Gasteiger partial charge in [0, 0.05) is 32.2 Å². The lowest BCUT2D eigenvalue weighted by Crippen LogP contribution is -2.35. The van der Waals surface area contributed by atoms with Crippen LogP contribution in [0.1, 0.15) is 35.2 Å². The normalized spacial score (nSPS) is 15.2. The Morgan fingerprint density at radius 1 is 1.07 bits per heavy atom. The molecule has 1 aliphatic rings. The second-order valence-corrected chi connectivity index (χ2v) is 8.94. The summed E-state index contributed by atoms with van der Waals surface area (Å²) >= 11 is 0. The van der Waals surface area contributed by atoms with Crippen LogP contribution in [0.3, 0.4) is 0 Å². The molecule has 0 aromatic heterocycles. The number of hydrogen-bond donors (Lipinski definition) is 0. The number of amides is 1. The molecule has 1 saturated heterocycles. The molecule has 1 fully saturated rings. The Bertz CT molecular complexity index is 937. The Morgan fingerprint density at radius 3 is 2.50 bits per heavy atom. The number of ether oxygens (including phenoxy) is 1. The molecule has 1 aliphatic heterocycles. The van der Waals surface area contributed by atoms with Gasteiger partial charge in [0.2, 0.25) is 10.0 Å². The fraction of sp³-hybridized carbons (Fsp3) is 0.381. The molecule has 150 valence electrons. The number of carbonyl (C=O) groups is 1. The number of benzene rings is 2. The molecule has 2 aromatic carbocycles. The zero-order chi connectivity index (χ0) is 20.1. The topological polar surface area (TPSA) is 66.9 Å². The first-order chi connectivity index (χ1) is 13.4. The molecule has 6 nitrogen and oxygen atoms in total. The van der Waals surface area contributed by atoms with Crippen molar-refractivity contribution in [2.24, 2.45) is 0 Å². The minimum atomic E-state index is -3.57. The van der Waals surface area contributed by atoms with Crippen LogP contribution >= 0.6 is 0 Å². The number of rotatable bonds is 6. The van der Waals surface area contributed by atoms with Crippen LogP contribution in [0.15, 0.2) is 53.4 Å². The number of carbonyl (C=O) groups excluding carboxylic acids is 1. The molecule has 28 heavy (non-hydrogen) atoms. The summed E-state index contributed by atoms with van der Waals surface area (Å²) in [6.07, 6.45) is 2.81. The van der Waals surface area contributed by atoms with Crippen molar-refractivity contribution in [3.63, 3.8) is 0 Å². The van der Waals surface area contributed by atoms with Crippen LogP contribution in [0, 0.1) is 0 Å². The van der Waals surface area contributed by atoms with Crippen molar-refractivity contribution in [3.8, 4) is 5.75 Å². The fourth-order valence-electron chi connectivity index (χ4n) is 3.38. The van der Waals surface area contributed by atoms with Gasteiger partial charge in [-0.05, 0) is 48.7 Å². The first-order valence-corrected chi connectivity index (χ1v) is 10.8. The number of hydrogen-bond acceptors (Lipinski definition) is 4. The molecule has 1 amide bonds. The lowest BCUT2D eigenvalue weighted by molar-refractivity contribution is 0.0784. The van der Waals surface area contributed by atoms with E-state index in [1.807, 2.05) is 24.3 Å². The van der Waals surface area contributed by atoms with E-state index in [0.717, 1.165) is 30.6 Å². The molecule has 0 N–H and O–H groups in total. The van der Waals surface area contributed by atoms with Crippen molar-refractivity contribution >= 4 is 15.9 Å². The highest BCUT2D eigenvalue weighted by atomic mass is 32.2. The maximum Gasteiger partial charge on any atom is 0.253 e. The van der Waals surface area contributed by atoms with Gasteiger partial charge in [0.25, 0.3) is 5.91 Å². The molecule has 0 atom stereocenters. The molecular formula is C21H26N2O4S. The Kier molecular flexibility index (Phi) is 6.36. The standard InChI is InChI=1S/C21H26N2O4S/c1-22(16-17-8-6-10-19(14-17)27-2)21(24)18-9-7-11-20(15-18)28(25,26)23-12-4-3-5-13-23/h6-11,14-15H,3-5,12-13,16H2,1-2H3. The molecule has 2 aromatic rings. The molecule has 7 heteroatoms. The summed E-state index contributed by atoms with van der Waals surface area (Å²) in [6, 6.07) is 13.8. The summed E-state index contributed by atoms with van der Waals surface area (Å²) in [6.45, 7) is 1.48. The lowest BCUT2D eigenvalue weighted by Gasteiger charge is -2.26. The van der Waals surface area contributed by atoms with Gasteiger partial charge in [-0.15, -0.1) is 0 Å². The Hall–Kier alpha value is -2.38. The molecule has 3 rings (SSSR count). The van der Waals surface area contributed by atoms with E-state index in [1.165, 1.54) is 10.4 Å². The summed E-state index contributed by atoms with van der Waals surface area (Å²) < 4.78 is 32.5. The maximum absolute atomic E-state index is 12.9. The fourth-order valence-corrected chi connectivity index (χ4v) is 4.94. The van der Waals surface area contributed by atoms with Crippen molar-refractivity contribution in [1.29, 1.82) is 0 Å². The maximum atomic E-state index is 12.9. The third-order valence-corrected chi connectivity index (χ3v) is 6.83. The van der Waals surface area contributed by atoms with Gasteiger partial charge in [-0.3, -0.25) is 4.79 Å². The summed E-state index contributed by atoms with van der Waals surface area (Å²) in [4.78, 5) is 14.6. The zero-order valence-corrected chi connectivity index (χ0v) is 17.1. The van der Waals surface area contributed by atoms with E-state index in [1.54, 1.807) is 37.3 Å². The van der Waals surface area contributed by atoms with Gasteiger partial charge in [0.15, 0.2) is 0 Å². The van der Waals surface area contributed by atoms with Gasteiger partial charge in [0.1, 0.15) is 5.75 Å². The van der Waals surface area contributed by atoms with Crippen LogP contribution < -0.4 is 4.74 Å². The molecule has 0 spiro atoms. The highest BCUT2D eigenvalue weighted by Gasteiger charge is 2.26. The molecule has 0 aliphatic carbocycles. The molecule has 0 bridgehead atoms. The quantitative estimate of drug-likeness (QED) is 0.745. The van der Waals surface area contributed by atoms with E-state index in [4.69, 9.17) is 4.74 Å². The number of piperidine rings is 1. The average Bonchev–Trinajstić information content (AvgIpc) is 2.74. The van der Waals surface area contributed by atoms with Gasteiger partial charge >= 0.3 is 0 Å². The first kappa shape index (κ1) is 20.4. The van der Waals surface area contributed by atoms with Crippen LogP contribution in [-0.2, 0) is 16.6 Å². The van der Waals surface area contributed by atoms with Crippen molar-refractivity contribution in [2.45, 2.75) is 30.7 Å². The van der Waals surface area contributed by atoms with Crippen LogP contribution in [-0.4, -0.2) is 50.8 Å². The highest BCUT2D eigenvalue weighted by molar-refractivity contribution is 7.89. The highest BCUT2D eigenvalue weighted by Crippen LogP contribution is 2.22. The van der Waals surface area contributed by atoms with Crippen molar-refractivity contribution < 1.29 is 17.9 Å². The van der Waals surface area contributed by atoms with E-state index in [2.05, 4.69) is 0 Å². The largest absolute Gasteiger partial charge is 0.497 e. The van der Waals surface area contributed by atoms with Crippen molar-refractivity contribution in [1.82, 2.24) is 9.21 Å². The molecule has 0 saturated carbocycles. The van der Waals surface area contributed by atoms with Crippen LogP contribution in [0.4, 0.5) is 0 Å². The number of methoxy groups -OCH3 is 1. The molecular weight excluding hydrogens is 376 g/mol. The smallest absolute Gasteiger partial charge is 0.253 e. The summed E-state index contributed by atoms with van der Waals surface area (Å²) in [5.41, 5.74) is 1.30. The van der Waals surface area contributed by atoms with Gasteiger partial charge in [-0.1, -0.05) is 24.6 Å². The summed E-state index contributed by atoms with van der Waals surface area (Å²) in [7, 11) is -0.264. The lowest BCUT2D eigenvalue weighted by atomic mass is 10.1. The monoisotopic (exact) mass is 402 g/mol. The first-order valence-electron chi connectivity index (χ1n) is 9.40. The summed E-state index contributed by atoms with van der Waals surface area (Å²) in [5, 5.41) is 0. The zero-order valence-electron chi connectivity index (χ0n) is 16.3. The minimum Gasteiger partial charge on any atom is -0.497 e. The summed E-state index contributed by atoms with van der Waals surface area (Å²) in [5.74, 6) is 0.506. The Labute approximate surface area is 166 Å². The van der Waals surface area contributed by atoms with Crippen LogP contribution in [0.2, 0.25) is 0 Å². The third-order valence-electron chi connectivity index (χ3n) is 4.93. The van der Waals surface area contributed by atoms with E-state index < -0.39 is 10.0 Å². The second-order valence-electron chi connectivity index (χ2n) is 7.01. The average molecular weight is 403 g/mol. The van der Waals surface area contributed by atoms with Gasteiger partial charge in [-0.25, -0.2) is 8.42 Å². The van der Waals surface area contributed by atoms with E-state index >= 15 is 0 Å². The van der Waals surface area contributed by atoms with E-state index in [-0.39, 0.29) is 10.8 Å². The van der Waals surface area contributed by atoms with E-state index in [0.29, 0.717) is 25.2 Å². The van der Waals surface area contributed by atoms with Crippen molar-refractivity contribution in [3.05, 3.63) is 59.7 Å². The predicted octanol–water partition coefficient (Wildman–Crippen LogP) is 3.14. The third kappa shape index (κ3) is 4.54. The Balaban J connectivity index is 1.77. The van der Waals surface area contributed by atoms with Crippen molar-refractivity contribution in [2.75, 3.05) is 27.2 Å². The molecule has 0 radical (unpaired) electrons. The van der Waals surface area contributed by atoms with E-state index in [9.17, 15) is 13.2 Å². The number of sulfonamides is 1. The predicted molar refractivity (Wildman–Crippen MR) is 108 cm³/mol. The molecule has 1 heterocycles.